The lowest BCUT2D eigenvalue weighted by molar-refractivity contribution is -0.121. The van der Waals surface area contributed by atoms with Crippen molar-refractivity contribution in [3.8, 4) is 0 Å². The number of nitrogens with one attached hydrogen (secondary N) is 1. The van der Waals surface area contributed by atoms with E-state index >= 15 is 0 Å². The summed E-state index contributed by atoms with van der Waals surface area (Å²) in [7, 11) is 1.52. The SMILES string of the molecule is COC(C(C)O)C(C)C(NC(C)=O)C(C)N=C(N)N. The minimum absolute atomic E-state index is 0.0407. The number of nitrogens with two attached hydrogens (primary N) is 2. The van der Waals surface area contributed by atoms with Crippen molar-refractivity contribution >= 4 is 11.9 Å². The highest BCUT2D eigenvalue weighted by Gasteiger charge is 2.33. The Morgan fingerprint density at radius 2 is 1.84 bits per heavy atom. The summed E-state index contributed by atoms with van der Waals surface area (Å²) in [6.07, 6.45) is -1.09. The second kappa shape index (κ2) is 7.96. The molecule has 0 spiro atoms. The molecule has 1 amide bonds. The molecule has 0 aromatic carbocycles. The van der Waals surface area contributed by atoms with Crippen LogP contribution in [-0.2, 0) is 9.53 Å². The molecular formula is C12H26N4O3. The largest absolute Gasteiger partial charge is 0.391 e. The van der Waals surface area contributed by atoms with E-state index in [1.165, 1.54) is 14.0 Å². The first-order valence-electron chi connectivity index (χ1n) is 6.27. The van der Waals surface area contributed by atoms with Crippen LogP contribution in [0.5, 0.6) is 0 Å². The Morgan fingerprint density at radius 1 is 1.32 bits per heavy atom. The third kappa shape index (κ3) is 5.89. The van der Waals surface area contributed by atoms with Gasteiger partial charge in [-0.1, -0.05) is 6.92 Å². The number of aliphatic hydroxyl groups excluding tert-OH is 1. The molecule has 0 aliphatic carbocycles. The molecule has 5 atom stereocenters. The predicted octanol–water partition coefficient (Wildman–Crippen LogP) is -0.815. The summed E-state index contributed by atoms with van der Waals surface area (Å²) < 4.78 is 5.28. The second-order valence-electron chi connectivity index (χ2n) is 4.82. The summed E-state index contributed by atoms with van der Waals surface area (Å²) in [5.74, 6) is -0.386. The molecule has 112 valence electrons. The molecule has 0 saturated carbocycles. The van der Waals surface area contributed by atoms with Crippen molar-refractivity contribution < 1.29 is 14.6 Å². The predicted molar refractivity (Wildman–Crippen MR) is 74.5 cm³/mol. The van der Waals surface area contributed by atoms with Crippen molar-refractivity contribution in [2.24, 2.45) is 22.4 Å². The maximum absolute atomic E-state index is 11.3. The number of hydrogen-bond acceptors (Lipinski definition) is 4. The number of hydrogen-bond donors (Lipinski definition) is 4. The number of ether oxygens (including phenoxy) is 1. The van der Waals surface area contributed by atoms with Crippen LogP contribution in [-0.4, -0.2) is 48.4 Å². The van der Waals surface area contributed by atoms with Gasteiger partial charge in [0.25, 0.3) is 0 Å². The van der Waals surface area contributed by atoms with Crippen LogP contribution in [0.4, 0.5) is 0 Å². The van der Waals surface area contributed by atoms with Gasteiger partial charge in [0.1, 0.15) is 0 Å². The van der Waals surface area contributed by atoms with Gasteiger partial charge in [0.05, 0.1) is 24.3 Å². The van der Waals surface area contributed by atoms with E-state index in [1.54, 1.807) is 13.8 Å². The van der Waals surface area contributed by atoms with Crippen molar-refractivity contribution in [1.82, 2.24) is 5.32 Å². The van der Waals surface area contributed by atoms with E-state index < -0.39 is 12.2 Å². The quantitative estimate of drug-likeness (QED) is 0.357. The lowest BCUT2D eigenvalue weighted by Gasteiger charge is -2.34. The van der Waals surface area contributed by atoms with Crippen molar-refractivity contribution in [3.63, 3.8) is 0 Å². The van der Waals surface area contributed by atoms with Gasteiger partial charge in [-0.25, -0.2) is 4.99 Å². The van der Waals surface area contributed by atoms with Gasteiger partial charge in [0.15, 0.2) is 5.96 Å². The van der Waals surface area contributed by atoms with Gasteiger partial charge >= 0.3 is 0 Å². The second-order valence-corrected chi connectivity index (χ2v) is 4.82. The zero-order chi connectivity index (χ0) is 15.2. The van der Waals surface area contributed by atoms with E-state index in [2.05, 4.69) is 10.3 Å². The molecule has 0 rings (SSSR count). The molecule has 6 N–H and O–H groups in total. The molecule has 0 saturated heterocycles. The van der Waals surface area contributed by atoms with Gasteiger partial charge in [-0.3, -0.25) is 4.79 Å². The summed E-state index contributed by atoms with van der Waals surface area (Å²) in [4.78, 5) is 15.4. The number of guanidine groups is 1. The fourth-order valence-corrected chi connectivity index (χ4v) is 2.30. The highest BCUT2D eigenvalue weighted by atomic mass is 16.5. The normalized spacial score (nSPS) is 18.8. The summed E-state index contributed by atoms with van der Waals surface area (Å²) in [5, 5.41) is 12.5. The van der Waals surface area contributed by atoms with Gasteiger partial charge in [-0.2, -0.15) is 0 Å². The Bertz CT molecular complexity index is 316. The number of nitrogens with zero attached hydrogens (tertiary/aromatic N) is 1. The van der Waals surface area contributed by atoms with Crippen LogP contribution in [0.1, 0.15) is 27.7 Å². The standard InChI is InChI=1S/C12H26N4O3/c1-6(11(19-5)8(3)17)10(16-9(4)18)7(2)15-12(13)14/h6-8,10-11,17H,1-5H3,(H,16,18)(H4,13,14,15). The van der Waals surface area contributed by atoms with Gasteiger partial charge in [-0.15, -0.1) is 0 Å². The Balaban J connectivity index is 5.11. The van der Waals surface area contributed by atoms with E-state index in [4.69, 9.17) is 16.2 Å². The number of methoxy groups -OCH3 is 1. The number of carbonyl (C=O) groups excluding carboxylic acids is 1. The van der Waals surface area contributed by atoms with Gasteiger partial charge in [0.2, 0.25) is 5.91 Å². The van der Waals surface area contributed by atoms with Gasteiger partial charge in [-0.05, 0) is 13.8 Å². The van der Waals surface area contributed by atoms with E-state index in [9.17, 15) is 9.90 Å². The summed E-state index contributed by atoms with van der Waals surface area (Å²) in [5.41, 5.74) is 10.7. The fraction of sp³-hybridized carbons (Fsp3) is 0.833. The van der Waals surface area contributed by atoms with Crippen LogP contribution in [0, 0.1) is 5.92 Å². The molecule has 7 heteroatoms. The lowest BCUT2D eigenvalue weighted by atomic mass is 9.88. The first-order valence-corrected chi connectivity index (χ1v) is 6.27. The minimum atomic E-state index is -0.664. The molecule has 0 aliphatic heterocycles. The van der Waals surface area contributed by atoms with Crippen molar-refractivity contribution in [2.75, 3.05) is 7.11 Å². The van der Waals surface area contributed by atoms with Crippen molar-refractivity contribution in [3.05, 3.63) is 0 Å². The highest BCUT2D eigenvalue weighted by molar-refractivity contribution is 5.76. The molecule has 0 aromatic heterocycles. The summed E-state index contributed by atoms with van der Waals surface area (Å²) in [6.45, 7) is 6.73. The number of aliphatic hydroxyl groups is 1. The van der Waals surface area contributed by atoms with Crippen molar-refractivity contribution in [2.45, 2.75) is 52.0 Å². The Labute approximate surface area is 114 Å². The third-order valence-electron chi connectivity index (χ3n) is 3.07. The molecule has 0 aliphatic rings. The van der Waals surface area contributed by atoms with Crippen LogP contribution in [0.25, 0.3) is 0 Å². The summed E-state index contributed by atoms with van der Waals surface area (Å²) in [6, 6.07) is -0.653. The molecule has 0 aromatic rings. The van der Waals surface area contributed by atoms with Crippen LogP contribution < -0.4 is 16.8 Å². The molecule has 0 bridgehead atoms. The lowest BCUT2D eigenvalue weighted by Crippen LogP contribution is -2.51. The topological polar surface area (TPSA) is 123 Å². The van der Waals surface area contributed by atoms with E-state index in [1.807, 2.05) is 6.92 Å². The van der Waals surface area contributed by atoms with Gasteiger partial charge < -0.3 is 26.6 Å². The van der Waals surface area contributed by atoms with Gasteiger partial charge in [0, 0.05) is 20.0 Å². The number of carbonyl (C=O) groups is 1. The van der Waals surface area contributed by atoms with Crippen LogP contribution in [0.2, 0.25) is 0 Å². The number of aliphatic imine (C=N–C) groups is 1. The van der Waals surface area contributed by atoms with Crippen LogP contribution in [0.15, 0.2) is 4.99 Å². The first-order chi connectivity index (χ1) is 8.70. The average molecular weight is 274 g/mol. The molecule has 5 unspecified atom stereocenters. The van der Waals surface area contributed by atoms with Crippen LogP contribution in [0.3, 0.4) is 0 Å². The van der Waals surface area contributed by atoms with E-state index in [-0.39, 0.29) is 29.9 Å². The highest BCUT2D eigenvalue weighted by Crippen LogP contribution is 2.19. The fourth-order valence-electron chi connectivity index (χ4n) is 2.30. The zero-order valence-electron chi connectivity index (χ0n) is 12.3. The minimum Gasteiger partial charge on any atom is -0.391 e. The number of amides is 1. The van der Waals surface area contributed by atoms with E-state index in [0.29, 0.717) is 0 Å². The molecule has 0 radical (unpaired) electrons. The monoisotopic (exact) mass is 274 g/mol. The zero-order valence-corrected chi connectivity index (χ0v) is 12.3. The smallest absolute Gasteiger partial charge is 0.217 e. The molecular weight excluding hydrogens is 248 g/mol. The molecule has 19 heavy (non-hydrogen) atoms. The Kier molecular flexibility index (Phi) is 7.40. The summed E-state index contributed by atoms with van der Waals surface area (Å²) >= 11 is 0. The number of rotatable bonds is 7. The maximum Gasteiger partial charge on any atom is 0.217 e. The third-order valence-corrected chi connectivity index (χ3v) is 3.07. The molecule has 0 heterocycles. The van der Waals surface area contributed by atoms with Crippen LogP contribution >= 0.6 is 0 Å². The van der Waals surface area contributed by atoms with E-state index in [0.717, 1.165) is 0 Å². The van der Waals surface area contributed by atoms with Crippen molar-refractivity contribution in [1.29, 1.82) is 0 Å². The Hall–Kier alpha value is -1.34. The molecule has 0 fully saturated rings. The Morgan fingerprint density at radius 3 is 2.16 bits per heavy atom. The first kappa shape index (κ1) is 17.7. The maximum atomic E-state index is 11.3. The average Bonchev–Trinajstić information content (AvgIpc) is 2.24. The molecule has 7 nitrogen and oxygen atoms in total.